The molecule has 2 aromatic rings. The van der Waals surface area contributed by atoms with E-state index in [-0.39, 0.29) is 32.1 Å². The first-order chi connectivity index (χ1) is 15.1. The average molecular weight is 468 g/mol. The number of hydrogen-bond donors (Lipinski definition) is 0. The van der Waals surface area contributed by atoms with Gasteiger partial charge in [0.25, 0.3) is 0 Å². The summed E-state index contributed by atoms with van der Waals surface area (Å²) in [6.45, 7) is 2.44. The van der Waals surface area contributed by atoms with Gasteiger partial charge in [-0.1, -0.05) is 13.0 Å². The van der Waals surface area contributed by atoms with Crippen molar-refractivity contribution in [2.45, 2.75) is 30.3 Å². The first-order valence-electron chi connectivity index (χ1n) is 10.3. The second-order valence-corrected chi connectivity index (χ2v) is 10.1. The highest BCUT2D eigenvalue weighted by Crippen LogP contribution is 2.47. The van der Waals surface area contributed by atoms with Gasteiger partial charge in [0.05, 0.1) is 10.5 Å². The third-order valence-corrected chi connectivity index (χ3v) is 7.76. The first-order valence-corrected chi connectivity index (χ1v) is 11.7. The van der Waals surface area contributed by atoms with Crippen LogP contribution in [0.3, 0.4) is 0 Å². The van der Waals surface area contributed by atoms with Crippen molar-refractivity contribution >= 4 is 22.0 Å². The Kier molecular flexibility index (Phi) is 5.93. The standard InChI is InChI=1S/C22H23F3N2O4S/c1-15-13-19(15)20-7-5-17(31-20)6-8-21(28)26-9-11-27(12-10-26)32(29,30)18-4-2-3-16(14-18)22(23,24)25/h2-8,14-15,19H,9-13H2,1H3/b8-6+. The molecule has 1 saturated heterocycles. The Labute approximate surface area is 184 Å². The van der Waals surface area contributed by atoms with Crippen LogP contribution in [0.5, 0.6) is 0 Å². The van der Waals surface area contributed by atoms with Crippen LogP contribution in [-0.2, 0) is 21.0 Å². The van der Waals surface area contributed by atoms with Gasteiger partial charge in [-0.05, 0) is 48.7 Å². The van der Waals surface area contributed by atoms with Crippen LogP contribution in [0, 0.1) is 5.92 Å². The normalized spacial score (nSPS) is 22.4. The van der Waals surface area contributed by atoms with Crippen LogP contribution >= 0.6 is 0 Å². The molecule has 1 aromatic carbocycles. The van der Waals surface area contributed by atoms with E-state index in [0.29, 0.717) is 23.7 Å². The Hall–Kier alpha value is -2.59. The SMILES string of the molecule is CC1CC1c1ccc(/C=C/C(=O)N2CCN(S(=O)(=O)c3cccc(C(F)(F)F)c3)CC2)o1. The van der Waals surface area contributed by atoms with Crippen LogP contribution in [0.4, 0.5) is 13.2 Å². The van der Waals surface area contributed by atoms with E-state index < -0.39 is 26.7 Å². The minimum atomic E-state index is -4.63. The summed E-state index contributed by atoms with van der Waals surface area (Å²) < 4.78 is 71.2. The maximum absolute atomic E-state index is 12.9. The zero-order valence-corrected chi connectivity index (χ0v) is 18.2. The number of hydrogen-bond acceptors (Lipinski definition) is 4. The zero-order chi connectivity index (χ0) is 23.1. The molecule has 0 bridgehead atoms. The Bertz CT molecular complexity index is 1130. The van der Waals surface area contributed by atoms with E-state index >= 15 is 0 Å². The van der Waals surface area contributed by atoms with Crippen molar-refractivity contribution in [3.63, 3.8) is 0 Å². The average Bonchev–Trinajstić information content (AvgIpc) is 3.31. The van der Waals surface area contributed by atoms with Crippen molar-refractivity contribution in [2.24, 2.45) is 5.92 Å². The van der Waals surface area contributed by atoms with Crippen LogP contribution < -0.4 is 0 Å². The summed E-state index contributed by atoms with van der Waals surface area (Å²) in [5.41, 5.74) is -1.02. The molecule has 4 rings (SSSR count). The van der Waals surface area contributed by atoms with E-state index in [1.54, 1.807) is 6.08 Å². The van der Waals surface area contributed by atoms with Crippen LogP contribution in [0.1, 0.15) is 36.3 Å². The van der Waals surface area contributed by atoms with Crippen LogP contribution in [-0.4, -0.2) is 49.7 Å². The van der Waals surface area contributed by atoms with E-state index in [0.717, 1.165) is 34.7 Å². The molecule has 6 nitrogen and oxygen atoms in total. The number of halogens is 3. The molecule has 10 heteroatoms. The van der Waals surface area contributed by atoms with Crippen molar-refractivity contribution in [2.75, 3.05) is 26.2 Å². The maximum atomic E-state index is 12.9. The lowest BCUT2D eigenvalue weighted by molar-refractivity contribution is -0.137. The highest BCUT2D eigenvalue weighted by atomic mass is 32.2. The van der Waals surface area contributed by atoms with Gasteiger partial charge in [-0.2, -0.15) is 17.5 Å². The Morgan fingerprint density at radius 1 is 1.12 bits per heavy atom. The molecule has 2 unspecified atom stereocenters. The number of carbonyl (C=O) groups excluding carboxylic acids is 1. The van der Waals surface area contributed by atoms with E-state index in [4.69, 9.17) is 4.42 Å². The molecule has 32 heavy (non-hydrogen) atoms. The molecule has 1 aliphatic carbocycles. The lowest BCUT2D eigenvalue weighted by Crippen LogP contribution is -2.50. The Morgan fingerprint density at radius 2 is 1.81 bits per heavy atom. The molecule has 1 aliphatic heterocycles. The summed E-state index contributed by atoms with van der Waals surface area (Å²) in [5, 5.41) is 0. The predicted octanol–water partition coefficient (Wildman–Crippen LogP) is 3.97. The van der Waals surface area contributed by atoms with Crippen LogP contribution in [0.25, 0.3) is 6.08 Å². The number of rotatable bonds is 5. The van der Waals surface area contributed by atoms with E-state index in [1.165, 1.54) is 11.0 Å². The van der Waals surface area contributed by atoms with Gasteiger partial charge in [0, 0.05) is 38.2 Å². The van der Waals surface area contributed by atoms with Gasteiger partial charge in [-0.15, -0.1) is 0 Å². The summed E-state index contributed by atoms with van der Waals surface area (Å²) in [4.78, 5) is 13.6. The second-order valence-electron chi connectivity index (χ2n) is 8.15. The summed E-state index contributed by atoms with van der Waals surface area (Å²) in [6.07, 6.45) is -0.557. The number of alkyl halides is 3. The van der Waals surface area contributed by atoms with E-state index in [1.807, 2.05) is 12.1 Å². The first kappa shape index (κ1) is 22.6. The van der Waals surface area contributed by atoms with Crippen molar-refractivity contribution < 1.29 is 30.8 Å². The van der Waals surface area contributed by atoms with Crippen LogP contribution in [0.15, 0.2) is 51.8 Å². The molecule has 1 amide bonds. The Morgan fingerprint density at radius 3 is 2.44 bits per heavy atom. The minimum absolute atomic E-state index is 0.00261. The third-order valence-electron chi connectivity index (χ3n) is 5.86. The number of carbonyl (C=O) groups is 1. The number of furan rings is 1. The molecule has 2 fully saturated rings. The molecular formula is C22H23F3N2O4S. The molecule has 2 aliphatic rings. The van der Waals surface area contributed by atoms with Gasteiger partial charge >= 0.3 is 6.18 Å². The topological polar surface area (TPSA) is 70.8 Å². The van der Waals surface area contributed by atoms with Crippen LogP contribution in [0.2, 0.25) is 0 Å². The van der Waals surface area contributed by atoms with Gasteiger partial charge in [0.15, 0.2) is 0 Å². The van der Waals surface area contributed by atoms with Crippen molar-refractivity contribution in [3.8, 4) is 0 Å². The summed E-state index contributed by atoms with van der Waals surface area (Å²) in [6, 6.07) is 7.40. The van der Waals surface area contributed by atoms with Crippen molar-refractivity contribution in [3.05, 3.63) is 59.6 Å². The van der Waals surface area contributed by atoms with Crippen molar-refractivity contribution in [1.29, 1.82) is 0 Å². The van der Waals surface area contributed by atoms with Gasteiger partial charge in [0.1, 0.15) is 11.5 Å². The van der Waals surface area contributed by atoms with Gasteiger partial charge in [-0.25, -0.2) is 8.42 Å². The molecule has 0 radical (unpaired) electrons. The predicted molar refractivity (Wildman–Crippen MR) is 111 cm³/mol. The highest BCUT2D eigenvalue weighted by Gasteiger charge is 2.37. The molecule has 1 aromatic heterocycles. The number of piperazine rings is 1. The maximum Gasteiger partial charge on any atom is 0.416 e. The number of benzene rings is 1. The Balaban J connectivity index is 1.36. The summed E-state index contributed by atoms with van der Waals surface area (Å²) in [5.74, 6) is 2.28. The molecule has 172 valence electrons. The fraction of sp³-hybridized carbons (Fsp3) is 0.409. The van der Waals surface area contributed by atoms with Gasteiger partial charge in [0.2, 0.25) is 15.9 Å². The quantitative estimate of drug-likeness (QED) is 0.623. The van der Waals surface area contributed by atoms with Gasteiger partial charge in [-0.3, -0.25) is 4.79 Å². The van der Waals surface area contributed by atoms with Crippen molar-refractivity contribution in [1.82, 2.24) is 9.21 Å². The third kappa shape index (κ3) is 4.75. The monoisotopic (exact) mass is 468 g/mol. The lowest BCUT2D eigenvalue weighted by atomic mass is 10.2. The fourth-order valence-electron chi connectivity index (χ4n) is 3.77. The molecule has 1 saturated carbocycles. The van der Waals surface area contributed by atoms with E-state index in [9.17, 15) is 26.4 Å². The second kappa shape index (κ2) is 8.40. The fourth-order valence-corrected chi connectivity index (χ4v) is 5.23. The molecular weight excluding hydrogens is 445 g/mol. The molecule has 2 atom stereocenters. The zero-order valence-electron chi connectivity index (χ0n) is 17.4. The largest absolute Gasteiger partial charge is 0.461 e. The number of sulfonamides is 1. The molecule has 0 N–H and O–H groups in total. The summed E-state index contributed by atoms with van der Waals surface area (Å²) >= 11 is 0. The summed E-state index contributed by atoms with van der Waals surface area (Å²) in [7, 11) is -4.09. The molecule has 2 heterocycles. The molecule has 0 spiro atoms. The highest BCUT2D eigenvalue weighted by molar-refractivity contribution is 7.89. The minimum Gasteiger partial charge on any atom is -0.461 e. The number of nitrogens with zero attached hydrogens (tertiary/aromatic N) is 2. The lowest BCUT2D eigenvalue weighted by Gasteiger charge is -2.33. The van der Waals surface area contributed by atoms with Gasteiger partial charge < -0.3 is 9.32 Å². The number of amides is 1. The van der Waals surface area contributed by atoms with E-state index in [2.05, 4.69) is 6.92 Å². The smallest absolute Gasteiger partial charge is 0.416 e.